The third-order valence-electron chi connectivity index (χ3n) is 2.88. The predicted octanol–water partition coefficient (Wildman–Crippen LogP) is 4.02. The van der Waals surface area contributed by atoms with Gasteiger partial charge in [0.1, 0.15) is 11.0 Å². The Hall–Kier alpha value is -1.91. The topological polar surface area (TPSA) is 42.0 Å². The van der Waals surface area contributed by atoms with Crippen LogP contribution in [0.2, 0.25) is 5.02 Å². The quantitative estimate of drug-likeness (QED) is 0.794. The second-order valence-electron chi connectivity index (χ2n) is 4.24. The second-order valence-corrected chi connectivity index (χ2v) is 5.86. The molecule has 0 saturated heterocycles. The van der Waals surface area contributed by atoms with Crippen molar-refractivity contribution in [2.24, 2.45) is 0 Å². The highest BCUT2D eigenvalue weighted by Gasteiger charge is 2.05. The van der Waals surface area contributed by atoms with Gasteiger partial charge in [-0.3, -0.25) is 4.98 Å². The van der Waals surface area contributed by atoms with E-state index in [0.717, 1.165) is 21.4 Å². The minimum absolute atomic E-state index is 0.580. The number of halogens is 1. The zero-order chi connectivity index (χ0) is 13.9. The first-order chi connectivity index (χ1) is 9.74. The van der Waals surface area contributed by atoms with Crippen molar-refractivity contribution in [3.63, 3.8) is 0 Å². The molecule has 1 aromatic heterocycles. The van der Waals surface area contributed by atoms with Crippen LogP contribution >= 0.6 is 11.6 Å². The van der Waals surface area contributed by atoms with Crippen LogP contribution in [0.4, 0.5) is 5.69 Å². The van der Waals surface area contributed by atoms with E-state index in [2.05, 4.69) is 9.71 Å². The van der Waals surface area contributed by atoms with Gasteiger partial charge >= 0.3 is 0 Å². The highest BCUT2D eigenvalue weighted by Crippen LogP contribution is 2.25. The fourth-order valence-corrected chi connectivity index (χ4v) is 2.99. The molecule has 1 heterocycles. The number of aromatic nitrogens is 1. The predicted molar refractivity (Wildman–Crippen MR) is 83.2 cm³/mol. The van der Waals surface area contributed by atoms with E-state index in [1.165, 1.54) is 0 Å². The largest absolute Gasteiger partial charge is 0.301 e. The number of pyridine rings is 1. The lowest BCUT2D eigenvalue weighted by Gasteiger charge is -2.07. The Bertz CT molecular complexity index is 777. The summed E-state index contributed by atoms with van der Waals surface area (Å²) < 4.78 is 15.2. The van der Waals surface area contributed by atoms with Crippen molar-refractivity contribution in [3.05, 3.63) is 65.9 Å². The van der Waals surface area contributed by atoms with Gasteiger partial charge in [-0.05, 0) is 24.3 Å². The van der Waals surface area contributed by atoms with Crippen LogP contribution in [-0.4, -0.2) is 9.19 Å². The van der Waals surface area contributed by atoms with Crippen molar-refractivity contribution >= 4 is 39.0 Å². The van der Waals surface area contributed by atoms with Crippen LogP contribution in [0.5, 0.6) is 0 Å². The lowest BCUT2D eigenvalue weighted by Crippen LogP contribution is -2.04. The molecule has 3 nitrogen and oxygen atoms in total. The van der Waals surface area contributed by atoms with E-state index in [-0.39, 0.29) is 0 Å². The summed E-state index contributed by atoms with van der Waals surface area (Å²) >= 11 is 6.12. The summed E-state index contributed by atoms with van der Waals surface area (Å²) in [5, 5.41) is 2.42. The van der Waals surface area contributed by atoms with Crippen molar-refractivity contribution < 1.29 is 4.21 Å². The maximum absolute atomic E-state index is 12.2. The van der Waals surface area contributed by atoms with Crippen LogP contribution in [0.3, 0.4) is 0 Å². The molecule has 1 atom stereocenters. The van der Waals surface area contributed by atoms with E-state index >= 15 is 0 Å². The Morgan fingerprint density at radius 2 is 1.85 bits per heavy atom. The summed E-state index contributed by atoms with van der Waals surface area (Å²) in [6, 6.07) is 14.9. The molecule has 0 aliphatic carbocycles. The molecule has 100 valence electrons. The van der Waals surface area contributed by atoms with Crippen LogP contribution in [0.1, 0.15) is 0 Å². The van der Waals surface area contributed by atoms with Gasteiger partial charge in [0.25, 0.3) is 0 Å². The summed E-state index contributed by atoms with van der Waals surface area (Å²) in [5.74, 6) is 0. The summed E-state index contributed by atoms with van der Waals surface area (Å²) in [6.07, 6.45) is 3.35. The molecule has 1 N–H and O–H groups in total. The molecule has 0 aliphatic rings. The highest BCUT2D eigenvalue weighted by atomic mass is 35.5. The summed E-state index contributed by atoms with van der Waals surface area (Å²) in [4.78, 5) is 4.77. The molecule has 3 rings (SSSR count). The first-order valence-corrected chi connectivity index (χ1v) is 7.53. The smallest absolute Gasteiger partial charge is 0.150 e. The minimum atomic E-state index is -1.29. The van der Waals surface area contributed by atoms with E-state index in [1.54, 1.807) is 12.4 Å². The van der Waals surface area contributed by atoms with Crippen LogP contribution < -0.4 is 4.72 Å². The molecular formula is C15H11ClN2OS. The Morgan fingerprint density at radius 1 is 1.05 bits per heavy atom. The number of rotatable bonds is 3. The fourth-order valence-electron chi connectivity index (χ4n) is 1.90. The van der Waals surface area contributed by atoms with E-state index in [1.807, 2.05) is 48.5 Å². The highest BCUT2D eigenvalue weighted by molar-refractivity contribution is 7.86. The lowest BCUT2D eigenvalue weighted by atomic mass is 10.1. The number of anilines is 1. The maximum Gasteiger partial charge on any atom is 0.150 e. The molecular weight excluding hydrogens is 292 g/mol. The van der Waals surface area contributed by atoms with E-state index in [0.29, 0.717) is 5.02 Å². The third-order valence-corrected chi connectivity index (χ3v) is 4.30. The monoisotopic (exact) mass is 302 g/mol. The van der Waals surface area contributed by atoms with Crippen molar-refractivity contribution in [3.8, 4) is 0 Å². The third kappa shape index (κ3) is 2.66. The normalized spacial score (nSPS) is 12.2. The minimum Gasteiger partial charge on any atom is -0.301 e. The maximum atomic E-state index is 12.2. The number of hydrogen-bond donors (Lipinski definition) is 1. The lowest BCUT2D eigenvalue weighted by molar-refractivity contribution is 0.686. The van der Waals surface area contributed by atoms with Crippen LogP contribution in [0, 0.1) is 0 Å². The molecule has 3 aromatic rings. The summed E-state index contributed by atoms with van der Waals surface area (Å²) in [6.45, 7) is 0. The summed E-state index contributed by atoms with van der Waals surface area (Å²) in [7, 11) is -1.29. The SMILES string of the molecule is O=S(Nc1ccc2cncc(Cl)c2c1)c1ccccc1. The zero-order valence-corrected chi connectivity index (χ0v) is 12.0. The Morgan fingerprint density at radius 3 is 2.65 bits per heavy atom. The van der Waals surface area contributed by atoms with Gasteiger partial charge in [-0.15, -0.1) is 0 Å². The second kappa shape index (κ2) is 5.61. The van der Waals surface area contributed by atoms with Crippen molar-refractivity contribution in [2.75, 3.05) is 4.72 Å². The molecule has 0 saturated carbocycles. The van der Waals surface area contributed by atoms with Gasteiger partial charge in [0, 0.05) is 28.9 Å². The van der Waals surface area contributed by atoms with Gasteiger partial charge in [0.05, 0.1) is 9.92 Å². The Labute approximate surface area is 124 Å². The number of hydrogen-bond acceptors (Lipinski definition) is 2. The average molecular weight is 303 g/mol. The van der Waals surface area contributed by atoms with Gasteiger partial charge in [-0.2, -0.15) is 0 Å². The zero-order valence-electron chi connectivity index (χ0n) is 10.4. The fraction of sp³-hybridized carbons (Fsp3) is 0. The van der Waals surface area contributed by atoms with Gasteiger partial charge < -0.3 is 4.72 Å². The Kier molecular flexibility index (Phi) is 3.67. The van der Waals surface area contributed by atoms with E-state index in [4.69, 9.17) is 11.6 Å². The standard InChI is InChI=1S/C15H11ClN2OS/c16-15-10-17-9-11-6-7-12(8-14(11)15)18-20(19)13-4-2-1-3-5-13/h1-10,18H. The molecule has 0 amide bonds. The molecule has 1 unspecified atom stereocenters. The molecule has 2 aromatic carbocycles. The molecule has 0 spiro atoms. The Balaban J connectivity index is 1.92. The van der Waals surface area contributed by atoms with E-state index < -0.39 is 11.0 Å². The van der Waals surface area contributed by atoms with E-state index in [9.17, 15) is 4.21 Å². The van der Waals surface area contributed by atoms with Crippen LogP contribution in [0.25, 0.3) is 10.8 Å². The van der Waals surface area contributed by atoms with Crippen molar-refractivity contribution in [1.29, 1.82) is 0 Å². The number of fused-ring (bicyclic) bond motifs is 1. The molecule has 0 fully saturated rings. The molecule has 0 bridgehead atoms. The average Bonchev–Trinajstić information content (AvgIpc) is 2.49. The van der Waals surface area contributed by atoms with Gasteiger partial charge in [-0.25, -0.2) is 4.21 Å². The van der Waals surface area contributed by atoms with Crippen LogP contribution in [-0.2, 0) is 11.0 Å². The molecule has 0 aliphatic heterocycles. The molecule has 5 heteroatoms. The number of benzene rings is 2. The molecule has 20 heavy (non-hydrogen) atoms. The van der Waals surface area contributed by atoms with Crippen molar-refractivity contribution in [2.45, 2.75) is 4.90 Å². The first-order valence-electron chi connectivity index (χ1n) is 6.01. The van der Waals surface area contributed by atoms with Crippen molar-refractivity contribution in [1.82, 2.24) is 4.98 Å². The number of nitrogens with zero attached hydrogens (tertiary/aromatic N) is 1. The van der Waals surface area contributed by atoms with Gasteiger partial charge in [0.2, 0.25) is 0 Å². The summed E-state index contributed by atoms with van der Waals surface area (Å²) in [5.41, 5.74) is 0.757. The number of nitrogens with one attached hydrogen (secondary N) is 1. The van der Waals surface area contributed by atoms with Gasteiger partial charge in [-0.1, -0.05) is 35.9 Å². The first kappa shape index (κ1) is 13.1. The van der Waals surface area contributed by atoms with Gasteiger partial charge in [0.15, 0.2) is 0 Å². The molecule has 0 radical (unpaired) electrons. The van der Waals surface area contributed by atoms with Crippen LogP contribution in [0.15, 0.2) is 65.8 Å².